The molecule has 0 aliphatic rings. The van der Waals surface area contributed by atoms with Crippen molar-refractivity contribution in [2.24, 2.45) is 10.9 Å². The van der Waals surface area contributed by atoms with Crippen molar-refractivity contribution < 1.29 is 5.21 Å². The summed E-state index contributed by atoms with van der Waals surface area (Å²) >= 11 is 10.9. The van der Waals surface area contributed by atoms with E-state index in [4.69, 9.17) is 22.5 Å². The van der Waals surface area contributed by atoms with Crippen molar-refractivity contribution in [3.8, 4) is 0 Å². The van der Waals surface area contributed by atoms with Crippen molar-refractivity contribution in [2.75, 3.05) is 0 Å². The topological polar surface area (TPSA) is 58.6 Å². The maximum atomic E-state index is 8.86. The molecule has 3 nitrogen and oxygen atoms in total. The molecule has 0 bridgehead atoms. The van der Waals surface area contributed by atoms with Crippen LogP contribution >= 0.6 is 39.3 Å². The maximum Gasteiger partial charge on any atom is 0.172 e. The zero-order valence-electron chi connectivity index (χ0n) is 9.68. The lowest BCUT2D eigenvalue weighted by atomic mass is 10.2. The Hall–Kier alpha value is -1.17. The van der Waals surface area contributed by atoms with E-state index in [9.17, 15) is 0 Å². The fourth-order valence-electron chi connectivity index (χ4n) is 1.55. The van der Waals surface area contributed by atoms with Gasteiger partial charge in [0.15, 0.2) is 5.84 Å². The molecule has 0 saturated heterocycles. The van der Waals surface area contributed by atoms with Crippen LogP contribution in [0.4, 0.5) is 0 Å². The minimum Gasteiger partial charge on any atom is -0.409 e. The van der Waals surface area contributed by atoms with E-state index >= 15 is 0 Å². The van der Waals surface area contributed by atoms with Crippen LogP contribution in [-0.2, 0) is 0 Å². The molecule has 3 N–H and O–H groups in total. The lowest BCUT2D eigenvalue weighted by molar-refractivity contribution is 0.318. The molecule has 19 heavy (non-hydrogen) atoms. The van der Waals surface area contributed by atoms with E-state index in [1.54, 1.807) is 0 Å². The molecule has 98 valence electrons. The number of hydrogen-bond acceptors (Lipinski definition) is 3. The predicted molar refractivity (Wildman–Crippen MR) is 82.2 cm³/mol. The molecule has 0 amide bonds. The van der Waals surface area contributed by atoms with E-state index in [-0.39, 0.29) is 5.84 Å². The first kappa shape index (κ1) is 14.2. The zero-order chi connectivity index (χ0) is 13.8. The van der Waals surface area contributed by atoms with Crippen LogP contribution < -0.4 is 5.73 Å². The number of nitrogens with zero attached hydrogens (tertiary/aromatic N) is 1. The number of rotatable bonds is 3. The molecule has 0 aliphatic heterocycles. The van der Waals surface area contributed by atoms with E-state index in [0.29, 0.717) is 10.6 Å². The Labute approximate surface area is 128 Å². The summed E-state index contributed by atoms with van der Waals surface area (Å²) < 4.78 is 0.773. The quantitative estimate of drug-likeness (QED) is 0.371. The zero-order valence-corrected chi connectivity index (χ0v) is 12.8. The van der Waals surface area contributed by atoms with Gasteiger partial charge in [-0.05, 0) is 46.3 Å². The third kappa shape index (κ3) is 3.43. The van der Waals surface area contributed by atoms with Gasteiger partial charge >= 0.3 is 0 Å². The number of nitrogens with two attached hydrogens (primary N) is 1. The minimum atomic E-state index is 0.0667. The normalized spacial score (nSPS) is 11.6. The summed E-state index contributed by atoms with van der Waals surface area (Å²) in [5.41, 5.74) is 6.37. The highest BCUT2D eigenvalue weighted by Crippen LogP contribution is 2.34. The second-order valence-corrected chi connectivity index (χ2v) is 6.06. The van der Waals surface area contributed by atoms with Crippen molar-refractivity contribution in [3.05, 3.63) is 57.5 Å². The lowest BCUT2D eigenvalue weighted by Gasteiger charge is -2.10. The number of oxime groups is 1. The maximum absolute atomic E-state index is 8.86. The molecule has 0 heterocycles. The molecule has 0 fully saturated rings. The second kappa shape index (κ2) is 6.32. The summed E-state index contributed by atoms with van der Waals surface area (Å²) in [5.74, 6) is 0.0667. The largest absolute Gasteiger partial charge is 0.409 e. The summed E-state index contributed by atoms with van der Waals surface area (Å²) in [4.78, 5) is 1.87. The van der Waals surface area contributed by atoms with Gasteiger partial charge in [-0.1, -0.05) is 40.7 Å². The molecule has 0 aliphatic carbocycles. The standard InChI is InChI=1S/C13H10BrClN2OS/c14-10-5-2-6-11(12(10)13(16)17-18)19-9-4-1-3-8(15)7-9/h1-7,18H,(H2,16,17). The molecule has 0 saturated carbocycles. The van der Waals surface area contributed by atoms with Crippen LogP contribution in [0.2, 0.25) is 5.02 Å². The smallest absolute Gasteiger partial charge is 0.172 e. The van der Waals surface area contributed by atoms with E-state index in [0.717, 1.165) is 14.3 Å². The van der Waals surface area contributed by atoms with Crippen molar-refractivity contribution in [1.82, 2.24) is 0 Å². The minimum absolute atomic E-state index is 0.0667. The fourth-order valence-corrected chi connectivity index (χ4v) is 3.55. The van der Waals surface area contributed by atoms with Crippen LogP contribution in [0.15, 0.2) is 61.9 Å². The molecule has 0 atom stereocenters. The molecular weight excluding hydrogens is 348 g/mol. The van der Waals surface area contributed by atoms with Crippen LogP contribution in [0, 0.1) is 0 Å². The van der Waals surface area contributed by atoms with E-state index in [1.165, 1.54) is 11.8 Å². The molecule has 6 heteroatoms. The summed E-state index contributed by atoms with van der Waals surface area (Å²) in [5, 5.41) is 12.6. The van der Waals surface area contributed by atoms with Crippen molar-refractivity contribution in [3.63, 3.8) is 0 Å². The Kier molecular flexibility index (Phi) is 4.74. The Morgan fingerprint density at radius 3 is 2.68 bits per heavy atom. The molecule has 0 aromatic heterocycles. The first-order chi connectivity index (χ1) is 9.11. The average Bonchev–Trinajstić information content (AvgIpc) is 2.38. The third-order valence-corrected chi connectivity index (χ3v) is 4.31. The molecule has 2 rings (SSSR count). The van der Waals surface area contributed by atoms with Crippen LogP contribution in [-0.4, -0.2) is 11.0 Å². The highest BCUT2D eigenvalue weighted by molar-refractivity contribution is 9.10. The van der Waals surface area contributed by atoms with Gasteiger partial charge in [0.25, 0.3) is 0 Å². The predicted octanol–water partition coefficient (Wildman–Crippen LogP) is 4.35. The molecule has 0 unspecified atom stereocenters. The molecular formula is C13H10BrClN2OS. The Morgan fingerprint density at radius 2 is 2.00 bits per heavy atom. The average molecular weight is 358 g/mol. The molecule has 2 aromatic carbocycles. The molecule has 0 radical (unpaired) electrons. The number of hydrogen-bond donors (Lipinski definition) is 2. The Bertz CT molecular complexity index is 634. The van der Waals surface area contributed by atoms with Gasteiger partial charge in [-0.2, -0.15) is 0 Å². The highest BCUT2D eigenvalue weighted by Gasteiger charge is 2.12. The van der Waals surface area contributed by atoms with Gasteiger partial charge in [0.2, 0.25) is 0 Å². The number of amidine groups is 1. The number of benzene rings is 2. The highest BCUT2D eigenvalue weighted by atomic mass is 79.9. The lowest BCUT2D eigenvalue weighted by Crippen LogP contribution is -2.15. The van der Waals surface area contributed by atoms with Crippen molar-refractivity contribution in [1.29, 1.82) is 0 Å². The third-order valence-electron chi connectivity index (χ3n) is 2.36. The molecule has 0 spiro atoms. The first-order valence-corrected chi connectivity index (χ1v) is 7.30. The van der Waals surface area contributed by atoms with Crippen molar-refractivity contribution in [2.45, 2.75) is 9.79 Å². The Morgan fingerprint density at radius 1 is 1.26 bits per heavy atom. The van der Waals surface area contributed by atoms with Gasteiger partial charge < -0.3 is 10.9 Å². The first-order valence-electron chi connectivity index (χ1n) is 5.31. The van der Waals surface area contributed by atoms with Gasteiger partial charge in [0.05, 0.1) is 0 Å². The van der Waals surface area contributed by atoms with Crippen LogP contribution in [0.25, 0.3) is 0 Å². The summed E-state index contributed by atoms with van der Waals surface area (Å²) in [6.45, 7) is 0. The van der Waals surface area contributed by atoms with E-state index in [1.807, 2.05) is 42.5 Å². The van der Waals surface area contributed by atoms with E-state index in [2.05, 4.69) is 21.1 Å². The van der Waals surface area contributed by atoms with Gasteiger partial charge in [0.1, 0.15) is 0 Å². The van der Waals surface area contributed by atoms with Gasteiger partial charge in [-0.3, -0.25) is 0 Å². The van der Waals surface area contributed by atoms with E-state index < -0.39 is 0 Å². The Balaban J connectivity index is 2.43. The monoisotopic (exact) mass is 356 g/mol. The van der Waals surface area contributed by atoms with Gasteiger partial charge in [-0.15, -0.1) is 0 Å². The van der Waals surface area contributed by atoms with Gasteiger partial charge in [0, 0.05) is 24.8 Å². The summed E-state index contributed by atoms with van der Waals surface area (Å²) in [6, 6.07) is 13.2. The van der Waals surface area contributed by atoms with Crippen LogP contribution in [0.5, 0.6) is 0 Å². The summed E-state index contributed by atoms with van der Waals surface area (Å²) in [7, 11) is 0. The second-order valence-electron chi connectivity index (χ2n) is 3.66. The number of halogens is 2. The summed E-state index contributed by atoms with van der Waals surface area (Å²) in [6.07, 6.45) is 0. The van der Waals surface area contributed by atoms with Crippen molar-refractivity contribution >= 4 is 45.1 Å². The SMILES string of the molecule is N/C(=N/O)c1c(Br)cccc1Sc1cccc(Cl)c1. The van der Waals surface area contributed by atoms with Gasteiger partial charge in [-0.25, -0.2) is 0 Å². The fraction of sp³-hybridized carbons (Fsp3) is 0. The molecule has 2 aromatic rings. The van der Waals surface area contributed by atoms with Crippen LogP contribution in [0.1, 0.15) is 5.56 Å². The van der Waals surface area contributed by atoms with Crippen LogP contribution in [0.3, 0.4) is 0 Å².